The lowest BCUT2D eigenvalue weighted by Crippen LogP contribution is -2.68. The Morgan fingerprint density at radius 1 is 0.711 bits per heavy atom. The molecule has 9 nitrogen and oxygen atoms in total. The standard InChI is InChI=1S/C19H24F10N2O7/c1-3-5-7-9(11(32)33)30-13(36)15(20,21)17(23,24)19(28,29)38-16(22,18(25,26)27)14(37)31-10(12(34)35)8-6-4-2/h9-10H,3-8H2,1-2H3,(H,30,36)(H,31,37)(H,32,33)(H,34,35)/p-2. The molecule has 0 bridgehead atoms. The van der Waals surface area contributed by atoms with Crippen molar-refractivity contribution in [3.8, 4) is 0 Å². The van der Waals surface area contributed by atoms with Crippen molar-refractivity contribution < 1.29 is 78.0 Å². The molecule has 19 heteroatoms. The van der Waals surface area contributed by atoms with Gasteiger partial charge in [0.25, 0.3) is 11.8 Å². The summed E-state index contributed by atoms with van der Waals surface area (Å²) in [5, 5.41) is 23.3. The number of unbranched alkanes of at least 4 members (excludes halogenated alkanes) is 2. The third-order valence-electron chi connectivity index (χ3n) is 4.84. The number of ether oxygens (including phenoxy) is 1. The van der Waals surface area contributed by atoms with Crippen molar-refractivity contribution >= 4 is 23.8 Å². The molecule has 0 heterocycles. The highest BCUT2D eigenvalue weighted by Gasteiger charge is 2.80. The minimum Gasteiger partial charge on any atom is -0.548 e. The Bertz CT molecular complexity index is 869. The predicted octanol–water partition coefficient (Wildman–Crippen LogP) is 0.944. The first-order valence-electron chi connectivity index (χ1n) is 10.7. The van der Waals surface area contributed by atoms with E-state index in [-0.39, 0.29) is 25.7 Å². The molecule has 0 aliphatic carbocycles. The van der Waals surface area contributed by atoms with E-state index in [9.17, 15) is 73.3 Å². The predicted molar refractivity (Wildman–Crippen MR) is 98.7 cm³/mol. The first kappa shape index (κ1) is 35.1. The number of aliphatic carboxylic acids is 2. The van der Waals surface area contributed by atoms with Crippen LogP contribution in [0.2, 0.25) is 0 Å². The van der Waals surface area contributed by atoms with Gasteiger partial charge in [-0.15, -0.1) is 0 Å². The van der Waals surface area contributed by atoms with Crippen molar-refractivity contribution in [2.75, 3.05) is 0 Å². The number of hydrogen-bond acceptors (Lipinski definition) is 7. The van der Waals surface area contributed by atoms with Gasteiger partial charge in [0.2, 0.25) is 0 Å². The van der Waals surface area contributed by atoms with E-state index < -0.39 is 78.7 Å². The van der Waals surface area contributed by atoms with Gasteiger partial charge in [-0.05, 0) is 12.8 Å². The fourth-order valence-corrected chi connectivity index (χ4v) is 2.61. The molecule has 0 fully saturated rings. The largest absolute Gasteiger partial charge is 0.548 e. The first-order chi connectivity index (χ1) is 17.0. The summed E-state index contributed by atoms with van der Waals surface area (Å²) < 4.78 is 141. The van der Waals surface area contributed by atoms with Crippen molar-refractivity contribution in [3.63, 3.8) is 0 Å². The van der Waals surface area contributed by atoms with Crippen molar-refractivity contribution in [1.82, 2.24) is 10.6 Å². The van der Waals surface area contributed by atoms with Gasteiger partial charge < -0.3 is 30.4 Å². The van der Waals surface area contributed by atoms with Crippen LogP contribution in [-0.4, -0.2) is 65.8 Å². The van der Waals surface area contributed by atoms with E-state index in [2.05, 4.69) is 4.74 Å². The van der Waals surface area contributed by atoms with E-state index in [1.807, 2.05) is 0 Å². The molecule has 222 valence electrons. The van der Waals surface area contributed by atoms with Crippen LogP contribution in [0.25, 0.3) is 0 Å². The first-order valence-corrected chi connectivity index (χ1v) is 10.7. The van der Waals surface area contributed by atoms with Crippen molar-refractivity contribution in [1.29, 1.82) is 0 Å². The molecule has 0 spiro atoms. The minimum absolute atomic E-state index is 0.129. The zero-order valence-electron chi connectivity index (χ0n) is 19.5. The number of alkyl halides is 10. The number of amides is 2. The molecule has 0 rings (SSSR count). The second-order valence-electron chi connectivity index (χ2n) is 7.84. The monoisotopic (exact) mass is 580 g/mol. The van der Waals surface area contributed by atoms with Crippen LogP contribution in [0, 0.1) is 0 Å². The summed E-state index contributed by atoms with van der Waals surface area (Å²) in [6, 6.07) is -4.90. The maximum atomic E-state index is 14.5. The van der Waals surface area contributed by atoms with E-state index in [4.69, 9.17) is 0 Å². The molecule has 3 unspecified atom stereocenters. The van der Waals surface area contributed by atoms with Crippen LogP contribution in [0.4, 0.5) is 43.9 Å². The fourth-order valence-electron chi connectivity index (χ4n) is 2.61. The zero-order chi connectivity index (χ0) is 30.3. The topological polar surface area (TPSA) is 148 Å². The molecule has 0 saturated carbocycles. The summed E-state index contributed by atoms with van der Waals surface area (Å²) >= 11 is 0. The van der Waals surface area contributed by atoms with Crippen LogP contribution in [0.15, 0.2) is 0 Å². The number of carbonyl (C=O) groups is 4. The van der Waals surface area contributed by atoms with Crippen LogP contribution in [0.3, 0.4) is 0 Å². The van der Waals surface area contributed by atoms with Crippen molar-refractivity contribution in [2.24, 2.45) is 0 Å². The quantitative estimate of drug-likeness (QED) is 0.258. The van der Waals surface area contributed by atoms with Gasteiger partial charge in [0.05, 0.1) is 24.0 Å². The van der Waals surface area contributed by atoms with E-state index in [0.29, 0.717) is 0 Å². The SMILES string of the molecule is CCCCC(NC(=O)C(F)(F)C(F)(F)C(F)(F)OC(F)(C(=O)NC(CCCC)C(=O)[O-])C(F)(F)F)C(=O)[O-]. The average Bonchev–Trinajstić information content (AvgIpc) is 2.76. The zero-order valence-corrected chi connectivity index (χ0v) is 19.5. The van der Waals surface area contributed by atoms with Gasteiger partial charge >= 0.3 is 30.0 Å². The maximum Gasteiger partial charge on any atom is 0.458 e. The summed E-state index contributed by atoms with van der Waals surface area (Å²) in [4.78, 5) is 45.2. The lowest BCUT2D eigenvalue weighted by atomic mass is 10.1. The average molecular weight is 580 g/mol. The highest BCUT2D eigenvalue weighted by molar-refractivity contribution is 5.89. The lowest BCUT2D eigenvalue weighted by Gasteiger charge is -2.36. The Morgan fingerprint density at radius 3 is 1.39 bits per heavy atom. The summed E-state index contributed by atoms with van der Waals surface area (Å²) in [7, 11) is 0. The van der Waals surface area contributed by atoms with Crippen LogP contribution < -0.4 is 20.8 Å². The number of halogens is 10. The van der Waals surface area contributed by atoms with Gasteiger partial charge in [-0.25, -0.2) is 0 Å². The van der Waals surface area contributed by atoms with Gasteiger partial charge in [0.15, 0.2) is 0 Å². The highest BCUT2D eigenvalue weighted by Crippen LogP contribution is 2.50. The second-order valence-corrected chi connectivity index (χ2v) is 7.84. The Hall–Kier alpha value is -2.86. The molecule has 3 atom stereocenters. The minimum atomic E-state index is -7.34. The van der Waals surface area contributed by atoms with Crippen molar-refractivity contribution in [3.05, 3.63) is 0 Å². The molecule has 0 aromatic heterocycles. The Labute approximate surface area is 207 Å². The number of nitrogens with one attached hydrogen (secondary N) is 2. The van der Waals surface area contributed by atoms with E-state index in [1.54, 1.807) is 0 Å². The molecule has 2 N–H and O–H groups in total. The molecule has 0 aliphatic rings. The molecule has 0 aromatic rings. The lowest BCUT2D eigenvalue weighted by molar-refractivity contribution is -0.455. The molecule has 0 radical (unpaired) electrons. The van der Waals surface area contributed by atoms with Gasteiger partial charge in [-0.3, -0.25) is 14.3 Å². The Balaban J connectivity index is 6.26. The Morgan fingerprint density at radius 2 is 1.08 bits per heavy atom. The van der Waals surface area contributed by atoms with Gasteiger partial charge in [-0.2, -0.15) is 43.9 Å². The van der Waals surface area contributed by atoms with Crippen LogP contribution >= 0.6 is 0 Å². The van der Waals surface area contributed by atoms with Crippen LogP contribution in [0.1, 0.15) is 52.4 Å². The number of carboxylic acids is 2. The van der Waals surface area contributed by atoms with E-state index in [1.165, 1.54) is 13.8 Å². The molecule has 0 aliphatic heterocycles. The van der Waals surface area contributed by atoms with E-state index >= 15 is 0 Å². The molecule has 0 aromatic carbocycles. The second kappa shape index (κ2) is 12.8. The maximum absolute atomic E-state index is 14.5. The van der Waals surface area contributed by atoms with Gasteiger partial charge in [0, 0.05) is 0 Å². The van der Waals surface area contributed by atoms with Crippen molar-refractivity contribution in [2.45, 2.75) is 94.4 Å². The summed E-state index contributed by atoms with van der Waals surface area (Å²) in [6.45, 7) is 2.86. The molecule has 2 amide bonds. The smallest absolute Gasteiger partial charge is 0.458 e. The number of hydrogen-bond donors (Lipinski definition) is 2. The van der Waals surface area contributed by atoms with Crippen LogP contribution in [0.5, 0.6) is 0 Å². The highest BCUT2D eigenvalue weighted by atomic mass is 19.4. The van der Waals surface area contributed by atoms with E-state index in [0.717, 1.165) is 10.6 Å². The summed E-state index contributed by atoms with van der Waals surface area (Å²) in [5.41, 5.74) is 0. The molecular formula is C19H22F10N2O7-2. The third kappa shape index (κ3) is 7.83. The van der Waals surface area contributed by atoms with Gasteiger partial charge in [-0.1, -0.05) is 39.5 Å². The normalized spacial score (nSPS) is 16.2. The molecule has 0 saturated heterocycles. The summed E-state index contributed by atoms with van der Waals surface area (Å²) in [6.07, 6.45) is -15.7. The fraction of sp³-hybridized carbons (Fsp3) is 0.789. The number of carbonyl (C=O) groups excluding carboxylic acids is 4. The third-order valence-corrected chi connectivity index (χ3v) is 4.84. The number of rotatable bonds is 16. The molecule has 38 heavy (non-hydrogen) atoms. The molecular weight excluding hydrogens is 558 g/mol. The summed E-state index contributed by atoms with van der Waals surface area (Å²) in [5.74, 6) is -32.2. The van der Waals surface area contributed by atoms with Crippen LogP contribution in [-0.2, 0) is 23.9 Å². The number of carboxylic acid groups (broad SMARTS) is 2. The Kier molecular flexibility index (Phi) is 11.8. The van der Waals surface area contributed by atoms with Gasteiger partial charge in [0.1, 0.15) is 0 Å².